The molecule has 0 saturated carbocycles. The summed E-state index contributed by atoms with van der Waals surface area (Å²) in [6.45, 7) is 3.55. The first-order valence-electron chi connectivity index (χ1n) is 7.47. The van der Waals surface area contributed by atoms with Crippen LogP contribution in [0, 0.1) is 5.41 Å². The fourth-order valence-electron chi connectivity index (χ4n) is 2.01. The van der Waals surface area contributed by atoms with Gasteiger partial charge in [0, 0.05) is 6.54 Å². The Kier molecular flexibility index (Phi) is 7.11. The van der Waals surface area contributed by atoms with Crippen molar-refractivity contribution in [2.24, 2.45) is 5.41 Å². The van der Waals surface area contributed by atoms with Crippen LogP contribution in [0.4, 0.5) is 4.79 Å². The second-order valence-corrected chi connectivity index (χ2v) is 5.18. The van der Waals surface area contributed by atoms with Gasteiger partial charge in [-0.3, -0.25) is 9.59 Å². The SMILES string of the molecule is CCC(CC)(CNC(=O)CNC(=O)NCc1ccco1)C(=O)O. The number of carboxylic acids is 1. The minimum Gasteiger partial charge on any atom is -0.481 e. The molecule has 0 aromatic carbocycles. The highest BCUT2D eigenvalue weighted by atomic mass is 16.4. The number of rotatable bonds is 9. The van der Waals surface area contributed by atoms with Crippen molar-refractivity contribution in [2.45, 2.75) is 33.2 Å². The van der Waals surface area contributed by atoms with Crippen LogP contribution in [0.15, 0.2) is 22.8 Å². The van der Waals surface area contributed by atoms with Crippen LogP contribution in [0.5, 0.6) is 0 Å². The zero-order valence-electron chi connectivity index (χ0n) is 13.3. The van der Waals surface area contributed by atoms with Crippen molar-refractivity contribution in [3.05, 3.63) is 24.2 Å². The number of aliphatic carboxylic acids is 1. The summed E-state index contributed by atoms with van der Waals surface area (Å²) >= 11 is 0. The standard InChI is InChI=1S/C15H23N3O5/c1-3-15(4-2,13(20)21)10-18-12(19)9-17-14(22)16-8-11-6-5-7-23-11/h5-7H,3-4,8-10H2,1-2H3,(H,18,19)(H,20,21)(H2,16,17,22). The average molecular weight is 325 g/mol. The molecule has 0 bridgehead atoms. The van der Waals surface area contributed by atoms with Gasteiger partial charge in [0.15, 0.2) is 0 Å². The molecule has 0 atom stereocenters. The van der Waals surface area contributed by atoms with E-state index in [4.69, 9.17) is 4.42 Å². The Hall–Kier alpha value is -2.51. The summed E-state index contributed by atoms with van der Waals surface area (Å²) in [7, 11) is 0. The molecule has 8 nitrogen and oxygen atoms in total. The van der Waals surface area contributed by atoms with E-state index in [2.05, 4.69) is 16.0 Å². The lowest BCUT2D eigenvalue weighted by Gasteiger charge is -2.26. The Morgan fingerprint density at radius 3 is 2.39 bits per heavy atom. The second kappa shape index (κ2) is 8.82. The first-order valence-corrected chi connectivity index (χ1v) is 7.47. The van der Waals surface area contributed by atoms with Gasteiger partial charge in [0.05, 0.1) is 24.8 Å². The Balaban J connectivity index is 2.30. The molecule has 0 spiro atoms. The molecular weight excluding hydrogens is 302 g/mol. The molecule has 0 fully saturated rings. The lowest BCUT2D eigenvalue weighted by Crippen LogP contribution is -2.46. The molecule has 0 aliphatic rings. The van der Waals surface area contributed by atoms with Crippen molar-refractivity contribution in [2.75, 3.05) is 13.1 Å². The molecule has 4 N–H and O–H groups in total. The van der Waals surface area contributed by atoms with E-state index in [1.165, 1.54) is 6.26 Å². The molecule has 128 valence electrons. The van der Waals surface area contributed by atoms with E-state index in [1.54, 1.807) is 26.0 Å². The molecule has 1 rings (SSSR count). The maximum atomic E-state index is 11.7. The summed E-state index contributed by atoms with van der Waals surface area (Å²) in [5.41, 5.74) is -0.975. The lowest BCUT2D eigenvalue weighted by molar-refractivity contribution is -0.149. The van der Waals surface area contributed by atoms with Crippen LogP contribution in [0.25, 0.3) is 0 Å². The van der Waals surface area contributed by atoms with E-state index >= 15 is 0 Å². The smallest absolute Gasteiger partial charge is 0.315 e. The summed E-state index contributed by atoms with van der Waals surface area (Å²) in [5.74, 6) is -0.778. The quantitative estimate of drug-likeness (QED) is 0.541. The van der Waals surface area contributed by atoms with Crippen LogP contribution < -0.4 is 16.0 Å². The van der Waals surface area contributed by atoms with E-state index in [9.17, 15) is 19.5 Å². The molecule has 1 aromatic heterocycles. The number of carbonyl (C=O) groups is 3. The third kappa shape index (κ3) is 5.65. The van der Waals surface area contributed by atoms with E-state index in [0.29, 0.717) is 18.6 Å². The highest BCUT2D eigenvalue weighted by Crippen LogP contribution is 2.25. The summed E-state index contributed by atoms with van der Waals surface area (Å²) in [5, 5.41) is 16.8. The monoisotopic (exact) mass is 325 g/mol. The van der Waals surface area contributed by atoms with Gasteiger partial charge in [0.25, 0.3) is 0 Å². The van der Waals surface area contributed by atoms with Crippen LogP contribution in [-0.4, -0.2) is 36.1 Å². The number of hydrogen-bond donors (Lipinski definition) is 4. The predicted octanol–water partition coefficient (Wildman–Crippen LogP) is 1.09. The molecule has 0 unspecified atom stereocenters. The highest BCUT2D eigenvalue weighted by molar-refractivity contribution is 5.84. The average Bonchev–Trinajstić information content (AvgIpc) is 3.05. The zero-order chi connectivity index (χ0) is 17.3. The Bertz CT molecular complexity index is 523. The molecule has 1 heterocycles. The van der Waals surface area contributed by atoms with E-state index < -0.39 is 23.3 Å². The maximum absolute atomic E-state index is 11.7. The van der Waals surface area contributed by atoms with Crippen LogP contribution in [0.1, 0.15) is 32.4 Å². The van der Waals surface area contributed by atoms with Crippen LogP contribution in [-0.2, 0) is 16.1 Å². The molecule has 0 aliphatic carbocycles. The van der Waals surface area contributed by atoms with Crippen molar-refractivity contribution in [3.63, 3.8) is 0 Å². The predicted molar refractivity (Wildman–Crippen MR) is 82.6 cm³/mol. The molecular formula is C15H23N3O5. The van der Waals surface area contributed by atoms with E-state index in [-0.39, 0.29) is 19.6 Å². The minimum absolute atomic E-state index is 0.0316. The number of amides is 3. The number of urea groups is 1. The van der Waals surface area contributed by atoms with Gasteiger partial charge >= 0.3 is 12.0 Å². The molecule has 23 heavy (non-hydrogen) atoms. The first kappa shape index (κ1) is 18.5. The molecule has 0 aliphatic heterocycles. The minimum atomic E-state index is -0.975. The van der Waals surface area contributed by atoms with Gasteiger partial charge in [-0.2, -0.15) is 0 Å². The van der Waals surface area contributed by atoms with Crippen molar-refractivity contribution in [3.8, 4) is 0 Å². The number of furan rings is 1. The number of carbonyl (C=O) groups excluding carboxylic acids is 2. The van der Waals surface area contributed by atoms with Gasteiger partial charge in [-0.05, 0) is 25.0 Å². The van der Waals surface area contributed by atoms with E-state index in [0.717, 1.165) is 0 Å². The summed E-state index contributed by atoms with van der Waals surface area (Å²) in [4.78, 5) is 34.6. The maximum Gasteiger partial charge on any atom is 0.315 e. The fourth-order valence-corrected chi connectivity index (χ4v) is 2.01. The molecule has 3 amide bonds. The summed E-state index contributed by atoms with van der Waals surface area (Å²) < 4.78 is 5.06. The zero-order valence-corrected chi connectivity index (χ0v) is 13.3. The van der Waals surface area contributed by atoms with Gasteiger partial charge in [-0.1, -0.05) is 13.8 Å². The summed E-state index contributed by atoms with van der Waals surface area (Å²) in [6.07, 6.45) is 2.32. The van der Waals surface area contributed by atoms with Gasteiger partial charge in [-0.25, -0.2) is 4.79 Å². The third-order valence-corrected chi connectivity index (χ3v) is 3.84. The summed E-state index contributed by atoms with van der Waals surface area (Å²) in [6, 6.07) is 2.92. The van der Waals surface area contributed by atoms with Gasteiger partial charge in [-0.15, -0.1) is 0 Å². The Labute approximate surface area is 134 Å². The topological polar surface area (TPSA) is 121 Å². The van der Waals surface area contributed by atoms with Crippen molar-refractivity contribution in [1.82, 2.24) is 16.0 Å². The fraction of sp³-hybridized carbons (Fsp3) is 0.533. The van der Waals surface area contributed by atoms with Crippen LogP contribution in [0.3, 0.4) is 0 Å². The molecule has 0 radical (unpaired) electrons. The van der Waals surface area contributed by atoms with Crippen molar-refractivity contribution < 1.29 is 23.9 Å². The molecule has 0 saturated heterocycles. The van der Waals surface area contributed by atoms with Gasteiger partial charge in [0.2, 0.25) is 5.91 Å². The molecule has 8 heteroatoms. The number of nitrogens with one attached hydrogen (secondary N) is 3. The van der Waals surface area contributed by atoms with Gasteiger partial charge in [0.1, 0.15) is 5.76 Å². The highest BCUT2D eigenvalue weighted by Gasteiger charge is 2.35. The Morgan fingerprint density at radius 2 is 1.87 bits per heavy atom. The second-order valence-electron chi connectivity index (χ2n) is 5.18. The lowest BCUT2D eigenvalue weighted by atomic mass is 9.82. The van der Waals surface area contributed by atoms with E-state index in [1.807, 2.05) is 0 Å². The normalized spacial score (nSPS) is 10.9. The molecule has 1 aromatic rings. The van der Waals surface area contributed by atoms with Crippen LogP contribution >= 0.6 is 0 Å². The number of carboxylic acid groups (broad SMARTS) is 1. The van der Waals surface area contributed by atoms with Crippen molar-refractivity contribution >= 4 is 17.9 Å². The van der Waals surface area contributed by atoms with Gasteiger partial charge < -0.3 is 25.5 Å². The Morgan fingerprint density at radius 1 is 1.17 bits per heavy atom. The first-order chi connectivity index (χ1) is 10.9. The largest absolute Gasteiger partial charge is 0.481 e. The van der Waals surface area contributed by atoms with Crippen molar-refractivity contribution in [1.29, 1.82) is 0 Å². The number of hydrogen-bond acceptors (Lipinski definition) is 4. The third-order valence-electron chi connectivity index (χ3n) is 3.84. The van der Waals surface area contributed by atoms with Crippen LogP contribution in [0.2, 0.25) is 0 Å².